The highest BCUT2D eigenvalue weighted by Gasteiger charge is 2.20. The van der Waals surface area contributed by atoms with E-state index >= 15 is 0 Å². The van der Waals surface area contributed by atoms with E-state index in [4.69, 9.17) is 20.9 Å². The zero-order valence-corrected chi connectivity index (χ0v) is 22.5. The van der Waals surface area contributed by atoms with Crippen LogP contribution in [0.15, 0.2) is 95.5 Å². The number of carboxylic acid groups (broad SMARTS) is 1. The van der Waals surface area contributed by atoms with Crippen LogP contribution in [0.5, 0.6) is 5.75 Å². The molecule has 0 saturated carbocycles. The molecule has 5 rings (SSSR count). The van der Waals surface area contributed by atoms with Crippen LogP contribution in [0.1, 0.15) is 37.7 Å². The van der Waals surface area contributed by atoms with Crippen molar-refractivity contribution in [3.8, 4) is 28.0 Å². The Balaban J connectivity index is 1.56. The Labute approximate surface area is 236 Å². The quantitative estimate of drug-likeness (QED) is 0.203. The fourth-order valence-electron chi connectivity index (χ4n) is 4.52. The lowest BCUT2D eigenvalue weighted by molar-refractivity contribution is 0.0696. The number of carbonyl (C=O) groups is 2. The van der Waals surface area contributed by atoms with Gasteiger partial charge in [-0.05, 0) is 72.5 Å². The van der Waals surface area contributed by atoms with Gasteiger partial charge in [0.05, 0.1) is 11.3 Å². The molecule has 0 atom stereocenters. The van der Waals surface area contributed by atoms with Gasteiger partial charge in [0, 0.05) is 16.3 Å². The Morgan fingerprint density at radius 1 is 0.900 bits per heavy atom. The number of rotatable bonds is 8. The lowest BCUT2D eigenvalue weighted by Gasteiger charge is -2.17. The second kappa shape index (κ2) is 11.5. The number of hydrogen-bond acceptors (Lipinski definition) is 5. The third-order valence-electron chi connectivity index (χ3n) is 6.41. The molecular weight excluding hydrogens is 528 g/mol. The van der Waals surface area contributed by atoms with Gasteiger partial charge in [-0.1, -0.05) is 71.4 Å². The summed E-state index contributed by atoms with van der Waals surface area (Å²) in [6.45, 7) is 3.68. The second-order valence-electron chi connectivity index (χ2n) is 9.22. The molecule has 0 aliphatic carbocycles. The molecule has 0 bridgehead atoms. The first-order valence-electron chi connectivity index (χ1n) is 12.5. The molecule has 8 heteroatoms. The van der Waals surface area contributed by atoms with E-state index in [9.17, 15) is 14.7 Å². The number of aromatic carboxylic acids is 1. The van der Waals surface area contributed by atoms with Crippen molar-refractivity contribution in [3.63, 3.8) is 0 Å². The van der Waals surface area contributed by atoms with E-state index in [1.165, 1.54) is 6.07 Å². The number of aromatic nitrogens is 1. The van der Waals surface area contributed by atoms with Gasteiger partial charge in [0.2, 0.25) is 0 Å². The summed E-state index contributed by atoms with van der Waals surface area (Å²) in [4.78, 5) is 25.1. The van der Waals surface area contributed by atoms with Crippen molar-refractivity contribution in [1.29, 1.82) is 0 Å². The summed E-state index contributed by atoms with van der Waals surface area (Å²) in [6.07, 6.45) is 0. The minimum Gasteiger partial charge on any atom is -0.488 e. The Hall–Kier alpha value is -4.88. The van der Waals surface area contributed by atoms with E-state index in [0.29, 0.717) is 45.6 Å². The summed E-state index contributed by atoms with van der Waals surface area (Å²) in [5.74, 6) is -0.563. The second-order valence-corrected chi connectivity index (χ2v) is 9.65. The molecule has 0 fully saturated rings. The van der Waals surface area contributed by atoms with Gasteiger partial charge in [0.25, 0.3) is 5.91 Å². The number of carboxylic acids is 1. The van der Waals surface area contributed by atoms with Gasteiger partial charge in [0.1, 0.15) is 23.7 Å². The molecule has 0 spiro atoms. The minimum atomic E-state index is -1.12. The fourth-order valence-corrected chi connectivity index (χ4v) is 4.70. The molecule has 4 aromatic carbocycles. The normalized spacial score (nSPS) is 10.8. The standard InChI is InChI=1S/C32H25ClN2O5/c1-19-30(20(2)40-35-19)31(36)34-25-15-22(14-23(16-25)32(37)38)26-10-6-7-11-27(26)28-17-24(33)12-13-29(28)39-18-21-8-4-3-5-9-21/h3-17H,18H2,1-2H3,(H,34,36)(H,37,38). The molecule has 0 aliphatic heterocycles. The summed E-state index contributed by atoms with van der Waals surface area (Å²) >= 11 is 6.41. The van der Waals surface area contributed by atoms with Crippen molar-refractivity contribution < 1.29 is 24.0 Å². The Morgan fingerprint density at radius 2 is 1.62 bits per heavy atom. The van der Waals surface area contributed by atoms with Crippen LogP contribution in [0.3, 0.4) is 0 Å². The average Bonchev–Trinajstić information content (AvgIpc) is 3.30. The molecule has 7 nitrogen and oxygen atoms in total. The van der Waals surface area contributed by atoms with Crippen LogP contribution < -0.4 is 10.1 Å². The van der Waals surface area contributed by atoms with E-state index in [1.807, 2.05) is 66.7 Å². The predicted molar refractivity (Wildman–Crippen MR) is 154 cm³/mol. The zero-order valence-electron chi connectivity index (χ0n) is 21.8. The Morgan fingerprint density at radius 3 is 2.33 bits per heavy atom. The molecule has 1 aromatic heterocycles. The number of nitrogens with one attached hydrogen (secondary N) is 1. The van der Waals surface area contributed by atoms with Gasteiger partial charge >= 0.3 is 5.97 Å². The van der Waals surface area contributed by atoms with Crippen LogP contribution in [0.25, 0.3) is 22.3 Å². The molecule has 0 saturated heterocycles. The van der Waals surface area contributed by atoms with Crippen LogP contribution in [-0.4, -0.2) is 22.1 Å². The Bertz CT molecular complexity index is 1690. The first kappa shape index (κ1) is 26.7. The zero-order chi connectivity index (χ0) is 28.2. The molecule has 2 N–H and O–H groups in total. The predicted octanol–water partition coefficient (Wildman–Crippen LogP) is 7.81. The molecule has 0 radical (unpaired) electrons. The van der Waals surface area contributed by atoms with Crippen LogP contribution >= 0.6 is 11.6 Å². The maximum Gasteiger partial charge on any atom is 0.335 e. The van der Waals surface area contributed by atoms with Gasteiger partial charge in [-0.3, -0.25) is 4.79 Å². The van der Waals surface area contributed by atoms with Crippen LogP contribution in [0.2, 0.25) is 5.02 Å². The highest BCUT2D eigenvalue weighted by molar-refractivity contribution is 6.31. The van der Waals surface area contributed by atoms with E-state index in [0.717, 1.165) is 22.3 Å². The minimum absolute atomic E-state index is 0.0213. The topological polar surface area (TPSA) is 102 Å². The van der Waals surface area contributed by atoms with Gasteiger partial charge in [0.15, 0.2) is 0 Å². The maximum absolute atomic E-state index is 13.0. The van der Waals surface area contributed by atoms with Crippen molar-refractivity contribution >= 4 is 29.2 Å². The number of nitrogens with zero attached hydrogens (tertiary/aromatic N) is 1. The summed E-state index contributed by atoms with van der Waals surface area (Å²) in [5.41, 5.74) is 4.99. The molecular formula is C32H25ClN2O5. The number of hydrogen-bond donors (Lipinski definition) is 2. The lowest BCUT2D eigenvalue weighted by Crippen LogP contribution is -2.14. The maximum atomic E-state index is 13.0. The van der Waals surface area contributed by atoms with Crippen LogP contribution in [0.4, 0.5) is 5.69 Å². The van der Waals surface area contributed by atoms with Crippen molar-refractivity contribution in [2.24, 2.45) is 0 Å². The monoisotopic (exact) mass is 552 g/mol. The highest BCUT2D eigenvalue weighted by atomic mass is 35.5. The summed E-state index contributed by atoms with van der Waals surface area (Å²) in [7, 11) is 0. The van der Waals surface area contributed by atoms with Gasteiger partial charge in [-0.25, -0.2) is 4.79 Å². The third-order valence-corrected chi connectivity index (χ3v) is 6.64. The first-order valence-corrected chi connectivity index (χ1v) is 12.9. The molecule has 1 amide bonds. The highest BCUT2D eigenvalue weighted by Crippen LogP contribution is 2.40. The molecule has 1 heterocycles. The summed E-state index contributed by atoms with van der Waals surface area (Å²) in [6, 6.07) is 27.5. The first-order chi connectivity index (χ1) is 19.3. The van der Waals surface area contributed by atoms with Crippen molar-refractivity contribution in [3.05, 3.63) is 124 Å². The lowest BCUT2D eigenvalue weighted by atomic mass is 9.92. The van der Waals surface area contributed by atoms with Crippen molar-refractivity contribution in [2.75, 3.05) is 5.32 Å². The number of ether oxygens (including phenoxy) is 1. The fraction of sp³-hybridized carbons (Fsp3) is 0.0938. The van der Waals surface area contributed by atoms with E-state index in [-0.39, 0.29) is 5.56 Å². The summed E-state index contributed by atoms with van der Waals surface area (Å²) in [5, 5.41) is 17.0. The van der Waals surface area contributed by atoms with Crippen LogP contribution in [-0.2, 0) is 6.61 Å². The summed E-state index contributed by atoms with van der Waals surface area (Å²) < 4.78 is 11.3. The SMILES string of the molecule is Cc1noc(C)c1C(=O)Nc1cc(C(=O)O)cc(-c2ccccc2-c2cc(Cl)ccc2OCc2ccccc2)c1. The van der Waals surface area contributed by atoms with Crippen molar-refractivity contribution in [2.45, 2.75) is 20.5 Å². The average molecular weight is 553 g/mol. The molecule has 5 aromatic rings. The van der Waals surface area contributed by atoms with Crippen molar-refractivity contribution in [1.82, 2.24) is 5.16 Å². The number of anilines is 1. The van der Waals surface area contributed by atoms with E-state index in [1.54, 1.807) is 32.0 Å². The Kier molecular flexibility index (Phi) is 7.66. The smallest absolute Gasteiger partial charge is 0.335 e. The molecule has 40 heavy (non-hydrogen) atoms. The number of amides is 1. The molecule has 200 valence electrons. The number of carbonyl (C=O) groups excluding carboxylic acids is 1. The number of aryl methyl sites for hydroxylation is 2. The number of benzene rings is 4. The van der Waals surface area contributed by atoms with E-state index in [2.05, 4.69) is 10.5 Å². The molecule has 0 unspecified atom stereocenters. The third kappa shape index (κ3) is 5.75. The largest absolute Gasteiger partial charge is 0.488 e. The molecule has 0 aliphatic rings. The van der Waals surface area contributed by atoms with Gasteiger partial charge in [-0.15, -0.1) is 0 Å². The van der Waals surface area contributed by atoms with Crippen LogP contribution in [0, 0.1) is 13.8 Å². The van der Waals surface area contributed by atoms with Gasteiger partial charge < -0.3 is 19.7 Å². The van der Waals surface area contributed by atoms with Gasteiger partial charge in [-0.2, -0.15) is 0 Å². The number of halogens is 1. The van der Waals surface area contributed by atoms with E-state index < -0.39 is 11.9 Å².